The van der Waals surface area contributed by atoms with E-state index < -0.39 is 0 Å². The molecule has 0 aliphatic carbocycles. The van der Waals surface area contributed by atoms with Crippen molar-refractivity contribution in [2.45, 2.75) is 38.0 Å². The van der Waals surface area contributed by atoms with Gasteiger partial charge in [-0.15, -0.1) is 0 Å². The van der Waals surface area contributed by atoms with E-state index in [-0.39, 0.29) is 12.2 Å². The molecule has 1 unspecified atom stereocenters. The van der Waals surface area contributed by atoms with E-state index in [2.05, 4.69) is 13.8 Å². The van der Waals surface area contributed by atoms with Crippen LogP contribution in [-0.2, 0) is 4.74 Å². The normalized spacial score (nSPS) is 14.8. The van der Waals surface area contributed by atoms with Gasteiger partial charge < -0.3 is 9.84 Å². The Morgan fingerprint density at radius 1 is 1.50 bits per heavy atom. The number of hydrogen-bond donors (Lipinski definition) is 1. The Balaban J connectivity index is 3.42. The van der Waals surface area contributed by atoms with Crippen molar-refractivity contribution in [2.24, 2.45) is 0 Å². The minimum Gasteiger partial charge on any atom is -0.395 e. The van der Waals surface area contributed by atoms with E-state index in [1.165, 1.54) is 0 Å². The van der Waals surface area contributed by atoms with Crippen molar-refractivity contribution in [3.8, 4) is 0 Å². The first kappa shape index (κ1) is 12.3. The SMILES string of the molecule is COC(C)(C)CCSC(C)CO. The highest BCUT2D eigenvalue weighted by Gasteiger charge is 2.15. The van der Waals surface area contributed by atoms with E-state index in [0.29, 0.717) is 5.25 Å². The van der Waals surface area contributed by atoms with E-state index in [1.54, 1.807) is 18.9 Å². The van der Waals surface area contributed by atoms with Crippen LogP contribution in [0, 0.1) is 0 Å². The molecule has 0 aromatic heterocycles. The van der Waals surface area contributed by atoms with Crippen molar-refractivity contribution in [2.75, 3.05) is 19.5 Å². The molecule has 0 aliphatic rings. The summed E-state index contributed by atoms with van der Waals surface area (Å²) in [5.74, 6) is 1.04. The van der Waals surface area contributed by atoms with Crippen molar-refractivity contribution in [3.63, 3.8) is 0 Å². The average Bonchev–Trinajstić information content (AvgIpc) is 2.04. The van der Waals surface area contributed by atoms with E-state index in [9.17, 15) is 0 Å². The molecule has 12 heavy (non-hydrogen) atoms. The zero-order chi connectivity index (χ0) is 9.61. The molecule has 0 aromatic carbocycles. The third-order valence-corrected chi connectivity index (χ3v) is 3.07. The van der Waals surface area contributed by atoms with Gasteiger partial charge in [0.2, 0.25) is 0 Å². The first-order valence-corrected chi connectivity index (χ1v) is 5.34. The number of thioether (sulfide) groups is 1. The summed E-state index contributed by atoms with van der Waals surface area (Å²) in [6.45, 7) is 6.46. The first-order valence-electron chi connectivity index (χ1n) is 4.29. The lowest BCUT2D eigenvalue weighted by atomic mass is 10.1. The minimum absolute atomic E-state index is 0.0256. The lowest BCUT2D eigenvalue weighted by molar-refractivity contribution is 0.0206. The fourth-order valence-corrected chi connectivity index (χ4v) is 1.78. The lowest BCUT2D eigenvalue weighted by Crippen LogP contribution is -2.23. The van der Waals surface area contributed by atoms with Crippen LogP contribution in [0.15, 0.2) is 0 Å². The molecule has 0 fully saturated rings. The third-order valence-electron chi connectivity index (χ3n) is 1.92. The Bertz CT molecular complexity index is 115. The molecule has 1 N–H and O–H groups in total. The van der Waals surface area contributed by atoms with Gasteiger partial charge in [0, 0.05) is 12.4 Å². The zero-order valence-electron chi connectivity index (χ0n) is 8.46. The van der Waals surface area contributed by atoms with Crippen molar-refractivity contribution in [1.29, 1.82) is 0 Å². The average molecular weight is 192 g/mol. The number of ether oxygens (including phenoxy) is 1. The number of aliphatic hydroxyl groups excluding tert-OH is 1. The summed E-state index contributed by atoms with van der Waals surface area (Å²) in [6, 6.07) is 0. The molecular formula is C9H20O2S. The van der Waals surface area contributed by atoms with Gasteiger partial charge in [0.05, 0.1) is 12.2 Å². The summed E-state index contributed by atoms with van der Waals surface area (Å²) in [5.41, 5.74) is -0.0256. The van der Waals surface area contributed by atoms with Crippen molar-refractivity contribution in [1.82, 2.24) is 0 Å². The first-order chi connectivity index (χ1) is 5.52. The second kappa shape index (κ2) is 5.84. The summed E-state index contributed by atoms with van der Waals surface area (Å²) in [7, 11) is 1.74. The Labute approximate surface area is 79.7 Å². The quantitative estimate of drug-likeness (QED) is 0.697. The highest BCUT2D eigenvalue weighted by Crippen LogP contribution is 2.19. The molecule has 74 valence electrons. The summed E-state index contributed by atoms with van der Waals surface area (Å²) in [4.78, 5) is 0. The smallest absolute Gasteiger partial charge is 0.0630 e. The lowest BCUT2D eigenvalue weighted by Gasteiger charge is -2.22. The van der Waals surface area contributed by atoms with Crippen molar-refractivity contribution in [3.05, 3.63) is 0 Å². The Morgan fingerprint density at radius 2 is 2.08 bits per heavy atom. The Morgan fingerprint density at radius 3 is 2.50 bits per heavy atom. The molecule has 1 atom stereocenters. The Hall–Kier alpha value is 0.270. The molecule has 0 rings (SSSR count). The van der Waals surface area contributed by atoms with Gasteiger partial charge in [-0.25, -0.2) is 0 Å². The predicted molar refractivity (Wildman–Crippen MR) is 54.7 cm³/mol. The fraction of sp³-hybridized carbons (Fsp3) is 1.00. The number of aliphatic hydroxyl groups is 1. The van der Waals surface area contributed by atoms with E-state index in [4.69, 9.17) is 9.84 Å². The summed E-state index contributed by atoms with van der Waals surface area (Å²) in [5, 5.41) is 9.11. The van der Waals surface area contributed by atoms with Crippen molar-refractivity contribution < 1.29 is 9.84 Å². The molecular weight excluding hydrogens is 172 g/mol. The van der Waals surface area contributed by atoms with Crippen LogP contribution in [0.1, 0.15) is 27.2 Å². The van der Waals surface area contributed by atoms with Gasteiger partial charge in [-0.1, -0.05) is 6.92 Å². The summed E-state index contributed by atoms with van der Waals surface area (Å²) >= 11 is 1.79. The molecule has 0 amide bonds. The van der Waals surface area contributed by atoms with Crippen LogP contribution in [0.3, 0.4) is 0 Å². The summed E-state index contributed by atoms with van der Waals surface area (Å²) < 4.78 is 5.28. The maximum Gasteiger partial charge on any atom is 0.0630 e. The monoisotopic (exact) mass is 192 g/mol. The molecule has 3 heteroatoms. The molecule has 0 spiro atoms. The van der Waals surface area contributed by atoms with E-state index in [0.717, 1.165) is 12.2 Å². The van der Waals surface area contributed by atoms with Gasteiger partial charge >= 0.3 is 0 Å². The number of methoxy groups -OCH3 is 1. The zero-order valence-corrected chi connectivity index (χ0v) is 9.28. The number of rotatable bonds is 6. The molecule has 0 aliphatic heterocycles. The van der Waals surface area contributed by atoms with Gasteiger partial charge in [-0.2, -0.15) is 11.8 Å². The molecule has 0 saturated carbocycles. The Kier molecular flexibility index (Phi) is 5.97. The molecule has 0 saturated heterocycles. The van der Waals surface area contributed by atoms with Crippen LogP contribution in [0.2, 0.25) is 0 Å². The van der Waals surface area contributed by atoms with Crippen LogP contribution in [-0.4, -0.2) is 35.4 Å². The largest absolute Gasteiger partial charge is 0.395 e. The van der Waals surface area contributed by atoms with Gasteiger partial charge in [-0.05, 0) is 26.0 Å². The third kappa shape index (κ3) is 5.86. The van der Waals surface area contributed by atoms with E-state index in [1.807, 2.05) is 6.92 Å². The second-order valence-electron chi connectivity index (χ2n) is 3.58. The van der Waals surface area contributed by atoms with Crippen LogP contribution in [0.25, 0.3) is 0 Å². The van der Waals surface area contributed by atoms with E-state index >= 15 is 0 Å². The van der Waals surface area contributed by atoms with Gasteiger partial charge in [0.25, 0.3) is 0 Å². The van der Waals surface area contributed by atoms with Crippen molar-refractivity contribution >= 4 is 11.8 Å². The number of hydrogen-bond acceptors (Lipinski definition) is 3. The topological polar surface area (TPSA) is 29.5 Å². The van der Waals surface area contributed by atoms with Gasteiger partial charge in [-0.3, -0.25) is 0 Å². The maximum atomic E-state index is 8.77. The molecule has 0 heterocycles. The molecule has 0 radical (unpaired) electrons. The van der Waals surface area contributed by atoms with Crippen LogP contribution in [0.4, 0.5) is 0 Å². The van der Waals surface area contributed by atoms with Crippen LogP contribution >= 0.6 is 11.8 Å². The second-order valence-corrected chi connectivity index (χ2v) is 5.12. The van der Waals surface area contributed by atoms with Crippen LogP contribution in [0.5, 0.6) is 0 Å². The standard InChI is InChI=1S/C9H20O2S/c1-8(7-10)12-6-5-9(2,3)11-4/h8,10H,5-7H2,1-4H3. The highest BCUT2D eigenvalue weighted by molar-refractivity contribution is 7.99. The fourth-order valence-electron chi connectivity index (χ4n) is 0.661. The molecule has 2 nitrogen and oxygen atoms in total. The van der Waals surface area contributed by atoms with Crippen LogP contribution < -0.4 is 0 Å². The molecule has 0 bridgehead atoms. The maximum absolute atomic E-state index is 8.77. The van der Waals surface area contributed by atoms with Gasteiger partial charge in [0.15, 0.2) is 0 Å². The summed E-state index contributed by atoms with van der Waals surface area (Å²) in [6.07, 6.45) is 1.03. The van der Waals surface area contributed by atoms with Gasteiger partial charge in [0.1, 0.15) is 0 Å². The minimum atomic E-state index is -0.0256. The molecule has 0 aromatic rings. The highest BCUT2D eigenvalue weighted by atomic mass is 32.2. The predicted octanol–water partition coefficient (Wildman–Crippen LogP) is 1.92.